The first-order chi connectivity index (χ1) is 17.9. The van der Waals surface area contributed by atoms with Crippen molar-refractivity contribution in [3.8, 4) is 29.1 Å². The minimum atomic E-state index is -0.642. The lowest BCUT2D eigenvalue weighted by molar-refractivity contribution is -0.112. The Morgan fingerprint density at radius 1 is 1.14 bits per heavy atom. The molecular formula is C27H26ClN3O6. The Kier molecular flexibility index (Phi) is 9.58. The maximum atomic E-state index is 12.5. The fourth-order valence-corrected chi connectivity index (χ4v) is 3.58. The van der Waals surface area contributed by atoms with Crippen molar-refractivity contribution in [2.45, 2.75) is 13.3 Å². The molecule has 0 atom stereocenters. The minimum absolute atomic E-state index is 0.158. The Bertz CT molecular complexity index is 1340. The van der Waals surface area contributed by atoms with Crippen LogP contribution in [-0.4, -0.2) is 38.5 Å². The maximum Gasteiger partial charge on any atom is 0.267 e. The maximum absolute atomic E-state index is 12.5. The monoisotopic (exact) mass is 523 g/mol. The number of anilines is 1. The predicted octanol–water partition coefficient (Wildman–Crippen LogP) is 5.39. The number of halogens is 1. The number of allylic oxidation sites excluding steroid dienone is 1. The molecule has 0 fully saturated rings. The summed E-state index contributed by atoms with van der Waals surface area (Å²) in [5.41, 5.74) is 1.37. The highest BCUT2D eigenvalue weighted by Gasteiger charge is 2.16. The number of benzene rings is 2. The van der Waals surface area contributed by atoms with Crippen LogP contribution < -0.4 is 24.3 Å². The van der Waals surface area contributed by atoms with Gasteiger partial charge in [-0.05, 0) is 54.8 Å². The standard InChI is InChI=1S/C27H26ClN3O6/c1-5-6-18-7-8-22(23(14-18)33-3)35-9-10-36-26-21(28)13-19(15-24(26)34-4)12-20(16-29)27(32)30-25-11-17(2)37-31-25/h5,7-8,11-15H,1,6,9-10H2,2-4H3,(H,30,31,32)/b20-12-. The van der Waals surface area contributed by atoms with E-state index in [4.69, 9.17) is 35.1 Å². The van der Waals surface area contributed by atoms with Crippen LogP contribution in [0, 0.1) is 18.3 Å². The number of aryl methyl sites for hydroxylation is 1. The second-order valence-corrected chi connectivity index (χ2v) is 8.06. The first-order valence-electron chi connectivity index (χ1n) is 11.2. The summed E-state index contributed by atoms with van der Waals surface area (Å²) in [4.78, 5) is 12.5. The van der Waals surface area contributed by atoms with Crippen molar-refractivity contribution < 1.29 is 28.3 Å². The molecule has 0 unspecified atom stereocenters. The average Bonchev–Trinajstić information content (AvgIpc) is 3.30. The highest BCUT2D eigenvalue weighted by molar-refractivity contribution is 6.32. The zero-order valence-electron chi connectivity index (χ0n) is 20.7. The van der Waals surface area contributed by atoms with Crippen molar-refractivity contribution >= 4 is 29.4 Å². The van der Waals surface area contributed by atoms with Crippen molar-refractivity contribution in [1.29, 1.82) is 5.26 Å². The minimum Gasteiger partial charge on any atom is -0.493 e. The molecule has 1 aromatic heterocycles. The molecule has 3 aromatic rings. The summed E-state index contributed by atoms with van der Waals surface area (Å²) in [5, 5.41) is 15.9. The molecule has 0 aliphatic rings. The summed E-state index contributed by atoms with van der Waals surface area (Å²) in [6.45, 7) is 5.82. The number of nitrogens with zero attached hydrogens (tertiary/aromatic N) is 2. The molecule has 1 heterocycles. The third kappa shape index (κ3) is 7.29. The summed E-state index contributed by atoms with van der Waals surface area (Å²) in [6.07, 6.45) is 3.92. The molecule has 1 amide bonds. The molecule has 10 heteroatoms. The van der Waals surface area contributed by atoms with Gasteiger partial charge in [0.05, 0.1) is 19.2 Å². The van der Waals surface area contributed by atoms with Gasteiger partial charge in [-0.25, -0.2) is 0 Å². The molecule has 0 saturated heterocycles. The lowest BCUT2D eigenvalue weighted by Gasteiger charge is -2.15. The van der Waals surface area contributed by atoms with E-state index in [0.29, 0.717) is 34.3 Å². The Morgan fingerprint density at radius 3 is 2.54 bits per heavy atom. The largest absolute Gasteiger partial charge is 0.493 e. The van der Waals surface area contributed by atoms with E-state index in [-0.39, 0.29) is 29.6 Å². The zero-order chi connectivity index (χ0) is 26.8. The molecule has 2 aromatic carbocycles. The van der Waals surface area contributed by atoms with Crippen LogP contribution >= 0.6 is 11.6 Å². The van der Waals surface area contributed by atoms with Gasteiger partial charge in [-0.2, -0.15) is 5.26 Å². The number of hydrogen-bond acceptors (Lipinski definition) is 8. The van der Waals surface area contributed by atoms with Crippen LogP contribution in [0.15, 0.2) is 59.1 Å². The summed E-state index contributed by atoms with van der Waals surface area (Å²) in [6, 6.07) is 12.2. The first-order valence-corrected chi connectivity index (χ1v) is 11.5. The van der Waals surface area contributed by atoms with Crippen LogP contribution in [-0.2, 0) is 11.2 Å². The van der Waals surface area contributed by atoms with E-state index in [1.165, 1.54) is 19.3 Å². The van der Waals surface area contributed by atoms with Crippen molar-refractivity contribution in [3.63, 3.8) is 0 Å². The van der Waals surface area contributed by atoms with Gasteiger partial charge in [0.25, 0.3) is 5.91 Å². The Balaban J connectivity index is 1.67. The molecule has 37 heavy (non-hydrogen) atoms. The van der Waals surface area contributed by atoms with Crippen molar-refractivity contribution in [2.24, 2.45) is 0 Å². The van der Waals surface area contributed by atoms with Crippen LogP contribution in [0.25, 0.3) is 6.08 Å². The average molecular weight is 524 g/mol. The number of ether oxygens (including phenoxy) is 4. The van der Waals surface area contributed by atoms with Crippen LogP contribution in [0.3, 0.4) is 0 Å². The number of nitrogens with one attached hydrogen (secondary N) is 1. The van der Waals surface area contributed by atoms with Gasteiger partial charge in [0.15, 0.2) is 28.8 Å². The molecule has 0 radical (unpaired) electrons. The van der Waals surface area contributed by atoms with Gasteiger partial charge in [-0.1, -0.05) is 28.9 Å². The van der Waals surface area contributed by atoms with E-state index in [9.17, 15) is 10.1 Å². The molecule has 1 N–H and O–H groups in total. The third-order valence-corrected chi connectivity index (χ3v) is 5.27. The molecule has 3 rings (SSSR count). The molecule has 0 aliphatic heterocycles. The van der Waals surface area contributed by atoms with E-state index < -0.39 is 5.91 Å². The number of carbonyl (C=O) groups excluding carboxylic acids is 1. The molecule has 0 saturated carbocycles. The van der Waals surface area contributed by atoms with Crippen molar-refractivity contribution in [3.05, 3.63) is 76.5 Å². The molecule has 0 bridgehead atoms. The number of hydrogen-bond donors (Lipinski definition) is 1. The van der Waals surface area contributed by atoms with Crippen molar-refractivity contribution in [2.75, 3.05) is 32.8 Å². The first kappa shape index (κ1) is 27.2. The quantitative estimate of drug-likeness (QED) is 0.145. The lowest BCUT2D eigenvalue weighted by atomic mass is 10.1. The number of amides is 1. The number of aromatic nitrogens is 1. The topological polar surface area (TPSA) is 116 Å². The van der Waals surface area contributed by atoms with E-state index in [0.717, 1.165) is 12.0 Å². The van der Waals surface area contributed by atoms with E-state index in [2.05, 4.69) is 17.1 Å². The second kappa shape index (κ2) is 13.0. The van der Waals surface area contributed by atoms with Crippen LogP contribution in [0.5, 0.6) is 23.0 Å². The van der Waals surface area contributed by atoms with Crippen LogP contribution in [0.2, 0.25) is 5.02 Å². The number of nitriles is 1. The van der Waals surface area contributed by atoms with Crippen LogP contribution in [0.1, 0.15) is 16.9 Å². The Morgan fingerprint density at radius 2 is 1.89 bits per heavy atom. The summed E-state index contributed by atoms with van der Waals surface area (Å²) >= 11 is 6.43. The van der Waals surface area contributed by atoms with Gasteiger partial charge < -0.3 is 28.8 Å². The van der Waals surface area contributed by atoms with E-state index in [1.54, 1.807) is 26.2 Å². The van der Waals surface area contributed by atoms with Gasteiger partial charge in [0, 0.05) is 6.07 Å². The summed E-state index contributed by atoms with van der Waals surface area (Å²) < 4.78 is 27.3. The number of carbonyl (C=O) groups is 1. The highest BCUT2D eigenvalue weighted by atomic mass is 35.5. The van der Waals surface area contributed by atoms with Crippen molar-refractivity contribution in [1.82, 2.24) is 5.16 Å². The van der Waals surface area contributed by atoms with Gasteiger partial charge in [0.1, 0.15) is 30.6 Å². The van der Waals surface area contributed by atoms with Gasteiger partial charge in [-0.3, -0.25) is 4.79 Å². The fraction of sp³-hybridized carbons (Fsp3) is 0.222. The summed E-state index contributed by atoms with van der Waals surface area (Å²) in [7, 11) is 3.04. The fourth-order valence-electron chi connectivity index (χ4n) is 3.31. The lowest BCUT2D eigenvalue weighted by Crippen LogP contribution is -2.13. The molecule has 9 nitrogen and oxygen atoms in total. The van der Waals surface area contributed by atoms with E-state index in [1.807, 2.05) is 30.3 Å². The molecule has 0 spiro atoms. The van der Waals surface area contributed by atoms with Gasteiger partial charge >= 0.3 is 0 Å². The SMILES string of the molecule is C=CCc1ccc(OCCOc2c(Cl)cc(/C=C(/C#N)C(=O)Nc3cc(C)on3)cc2OC)c(OC)c1. The molecule has 0 aliphatic carbocycles. The van der Waals surface area contributed by atoms with Crippen LogP contribution in [0.4, 0.5) is 5.82 Å². The molecule has 192 valence electrons. The highest BCUT2D eigenvalue weighted by Crippen LogP contribution is 2.37. The normalized spacial score (nSPS) is 10.8. The third-order valence-electron chi connectivity index (χ3n) is 4.99. The summed E-state index contributed by atoms with van der Waals surface area (Å²) in [5.74, 6) is 1.92. The van der Waals surface area contributed by atoms with Gasteiger partial charge in [-0.15, -0.1) is 6.58 Å². The van der Waals surface area contributed by atoms with E-state index >= 15 is 0 Å². The molecular weight excluding hydrogens is 498 g/mol. The predicted molar refractivity (Wildman–Crippen MR) is 139 cm³/mol. The second-order valence-electron chi connectivity index (χ2n) is 7.66. The Hall–Kier alpha value is -4.42. The zero-order valence-corrected chi connectivity index (χ0v) is 21.4. The number of methoxy groups -OCH3 is 2. The Labute approximate surface area is 219 Å². The number of rotatable bonds is 12. The van der Waals surface area contributed by atoms with Gasteiger partial charge in [0.2, 0.25) is 0 Å². The smallest absolute Gasteiger partial charge is 0.267 e.